The number of aromatic amines is 1. The second-order valence-corrected chi connectivity index (χ2v) is 4.51. The van der Waals surface area contributed by atoms with Gasteiger partial charge in [-0.2, -0.15) is 5.21 Å². The fraction of sp³-hybridized carbons (Fsp3) is 0.364. The van der Waals surface area contributed by atoms with Crippen LogP contribution in [0.5, 0.6) is 0 Å². The van der Waals surface area contributed by atoms with Crippen LogP contribution in [-0.4, -0.2) is 27.2 Å². The number of H-pyrrole nitrogens is 1. The van der Waals surface area contributed by atoms with Crippen molar-refractivity contribution in [3.8, 4) is 11.4 Å². The van der Waals surface area contributed by atoms with Gasteiger partial charge in [0.1, 0.15) is 0 Å². The van der Waals surface area contributed by atoms with E-state index < -0.39 is 0 Å². The molecular weight excluding hydrogens is 218 g/mol. The summed E-state index contributed by atoms with van der Waals surface area (Å²) in [5, 5.41) is 13.9. The molecule has 0 atom stereocenters. The Kier molecular flexibility index (Phi) is 3.16. The first-order valence-electron chi connectivity index (χ1n) is 5.29. The predicted octanol–water partition coefficient (Wildman–Crippen LogP) is 1.03. The van der Waals surface area contributed by atoms with Crippen LogP contribution in [0.1, 0.15) is 19.4 Å². The quantitative estimate of drug-likeness (QED) is 0.770. The number of hydrogen-bond donors (Lipinski definition) is 2. The van der Waals surface area contributed by atoms with E-state index in [2.05, 4.69) is 34.5 Å². The van der Waals surface area contributed by atoms with E-state index in [9.17, 15) is 0 Å². The van der Waals surface area contributed by atoms with Gasteiger partial charge in [-0.25, -0.2) is 5.90 Å². The summed E-state index contributed by atoms with van der Waals surface area (Å²) in [6.45, 7) is 4.58. The molecule has 0 bridgehead atoms. The first-order valence-corrected chi connectivity index (χ1v) is 5.29. The Morgan fingerprint density at radius 2 is 2.24 bits per heavy atom. The van der Waals surface area contributed by atoms with Crippen LogP contribution in [0.2, 0.25) is 0 Å². The van der Waals surface area contributed by atoms with Gasteiger partial charge < -0.3 is 4.84 Å². The molecule has 90 valence electrons. The largest absolute Gasteiger partial charge is 0.304 e. The van der Waals surface area contributed by atoms with E-state index in [0.29, 0.717) is 12.4 Å². The Labute approximate surface area is 99.1 Å². The molecule has 0 aliphatic carbocycles. The summed E-state index contributed by atoms with van der Waals surface area (Å²) in [6.07, 6.45) is 0. The molecule has 0 aliphatic heterocycles. The number of nitrogens with zero attached hydrogens (tertiary/aromatic N) is 3. The lowest BCUT2D eigenvalue weighted by Crippen LogP contribution is -2.26. The van der Waals surface area contributed by atoms with Crippen molar-refractivity contribution in [2.75, 3.05) is 6.61 Å². The normalized spacial score (nSPS) is 11.7. The van der Waals surface area contributed by atoms with Crippen LogP contribution in [0.3, 0.4) is 0 Å². The topological polar surface area (TPSA) is 89.7 Å². The molecule has 1 heterocycles. The highest BCUT2D eigenvalue weighted by Crippen LogP contribution is 2.26. The van der Waals surface area contributed by atoms with Crippen molar-refractivity contribution in [1.29, 1.82) is 0 Å². The Hall–Kier alpha value is -1.79. The number of nitrogens with one attached hydrogen (secondary N) is 1. The van der Waals surface area contributed by atoms with E-state index in [4.69, 9.17) is 10.7 Å². The molecule has 0 amide bonds. The lowest BCUT2D eigenvalue weighted by molar-refractivity contribution is 0.0964. The molecule has 6 heteroatoms. The van der Waals surface area contributed by atoms with Crippen molar-refractivity contribution in [1.82, 2.24) is 20.6 Å². The summed E-state index contributed by atoms with van der Waals surface area (Å²) >= 11 is 0. The zero-order chi connectivity index (χ0) is 12.3. The minimum atomic E-state index is -0.158. The monoisotopic (exact) mass is 233 g/mol. The summed E-state index contributed by atoms with van der Waals surface area (Å²) in [5.74, 6) is 5.72. The number of rotatable bonds is 4. The van der Waals surface area contributed by atoms with E-state index in [0.717, 1.165) is 11.1 Å². The molecule has 0 saturated heterocycles. The lowest BCUT2D eigenvalue weighted by atomic mass is 9.85. The first-order chi connectivity index (χ1) is 8.13. The van der Waals surface area contributed by atoms with Crippen LogP contribution in [-0.2, 0) is 10.3 Å². The van der Waals surface area contributed by atoms with Crippen molar-refractivity contribution >= 4 is 0 Å². The summed E-state index contributed by atoms with van der Waals surface area (Å²) < 4.78 is 0. The Bertz CT molecular complexity index is 480. The molecule has 0 spiro atoms. The number of tetrazole rings is 1. The third kappa shape index (κ3) is 2.48. The van der Waals surface area contributed by atoms with Gasteiger partial charge in [-0.15, -0.1) is 10.2 Å². The van der Waals surface area contributed by atoms with Crippen molar-refractivity contribution in [3.05, 3.63) is 29.8 Å². The van der Waals surface area contributed by atoms with E-state index in [1.54, 1.807) is 0 Å². The predicted molar refractivity (Wildman–Crippen MR) is 62.8 cm³/mol. The highest BCUT2D eigenvalue weighted by atomic mass is 16.6. The van der Waals surface area contributed by atoms with Crippen LogP contribution in [0.15, 0.2) is 24.3 Å². The molecule has 0 saturated carbocycles. The maximum Gasteiger partial charge on any atom is 0.204 e. The maximum atomic E-state index is 5.14. The number of benzene rings is 1. The second-order valence-electron chi connectivity index (χ2n) is 4.51. The highest BCUT2D eigenvalue weighted by molar-refractivity contribution is 5.55. The fourth-order valence-electron chi connectivity index (χ4n) is 1.66. The summed E-state index contributed by atoms with van der Waals surface area (Å²) in [5.41, 5.74) is 1.88. The van der Waals surface area contributed by atoms with Gasteiger partial charge in [-0.1, -0.05) is 32.0 Å². The molecule has 1 aromatic carbocycles. The molecule has 2 rings (SSSR count). The van der Waals surface area contributed by atoms with Crippen LogP contribution in [0, 0.1) is 0 Å². The van der Waals surface area contributed by atoms with E-state index >= 15 is 0 Å². The van der Waals surface area contributed by atoms with Crippen molar-refractivity contribution in [3.63, 3.8) is 0 Å². The Morgan fingerprint density at radius 1 is 1.41 bits per heavy atom. The zero-order valence-electron chi connectivity index (χ0n) is 9.84. The Morgan fingerprint density at radius 3 is 2.88 bits per heavy atom. The zero-order valence-corrected chi connectivity index (χ0v) is 9.84. The van der Waals surface area contributed by atoms with Gasteiger partial charge in [0, 0.05) is 11.0 Å². The minimum absolute atomic E-state index is 0.158. The molecule has 2 aromatic rings. The number of hydrogen-bond acceptors (Lipinski definition) is 5. The molecule has 1 aromatic heterocycles. The van der Waals surface area contributed by atoms with E-state index in [-0.39, 0.29) is 5.41 Å². The van der Waals surface area contributed by atoms with Gasteiger partial charge in [-0.3, -0.25) is 0 Å². The summed E-state index contributed by atoms with van der Waals surface area (Å²) in [6, 6.07) is 7.94. The number of nitrogens with two attached hydrogens (primary N) is 1. The fourth-order valence-corrected chi connectivity index (χ4v) is 1.66. The molecule has 0 unspecified atom stereocenters. The van der Waals surface area contributed by atoms with Gasteiger partial charge in [-0.05, 0) is 16.8 Å². The molecule has 0 fully saturated rings. The minimum Gasteiger partial charge on any atom is -0.304 e. The Balaban J connectivity index is 2.35. The molecule has 0 radical (unpaired) electrons. The SMILES string of the molecule is CC(C)(CON)c1cccc(-c2nn[nH]n2)c1. The van der Waals surface area contributed by atoms with Crippen LogP contribution < -0.4 is 5.90 Å². The molecule has 3 N–H and O–H groups in total. The standard InChI is InChI=1S/C11H15N5O/c1-11(2,7-17-12)9-5-3-4-8(6-9)10-13-15-16-14-10/h3-6H,7,12H2,1-2H3,(H,13,14,15,16). The van der Waals surface area contributed by atoms with Crippen LogP contribution in [0.25, 0.3) is 11.4 Å². The first kappa shape index (κ1) is 11.7. The highest BCUT2D eigenvalue weighted by Gasteiger charge is 2.21. The second kappa shape index (κ2) is 4.60. The molecule has 17 heavy (non-hydrogen) atoms. The van der Waals surface area contributed by atoms with Crippen LogP contribution >= 0.6 is 0 Å². The average molecular weight is 233 g/mol. The molecule has 0 aliphatic rings. The summed E-state index contributed by atoms with van der Waals surface area (Å²) in [7, 11) is 0. The van der Waals surface area contributed by atoms with Crippen molar-refractivity contribution in [2.24, 2.45) is 5.90 Å². The van der Waals surface area contributed by atoms with Gasteiger partial charge in [0.15, 0.2) is 0 Å². The smallest absolute Gasteiger partial charge is 0.204 e. The molecule has 6 nitrogen and oxygen atoms in total. The van der Waals surface area contributed by atoms with Gasteiger partial charge in [0.2, 0.25) is 5.82 Å². The van der Waals surface area contributed by atoms with Gasteiger partial charge in [0.25, 0.3) is 0 Å². The third-order valence-corrected chi connectivity index (χ3v) is 2.69. The van der Waals surface area contributed by atoms with E-state index in [1.165, 1.54) is 0 Å². The summed E-state index contributed by atoms with van der Waals surface area (Å²) in [4.78, 5) is 4.74. The van der Waals surface area contributed by atoms with E-state index in [1.807, 2.05) is 24.3 Å². The van der Waals surface area contributed by atoms with Crippen molar-refractivity contribution < 1.29 is 4.84 Å². The lowest BCUT2D eigenvalue weighted by Gasteiger charge is -2.23. The van der Waals surface area contributed by atoms with Gasteiger partial charge >= 0.3 is 0 Å². The maximum absolute atomic E-state index is 5.14. The third-order valence-electron chi connectivity index (χ3n) is 2.69. The average Bonchev–Trinajstić information content (AvgIpc) is 2.82. The van der Waals surface area contributed by atoms with Crippen molar-refractivity contribution in [2.45, 2.75) is 19.3 Å². The van der Waals surface area contributed by atoms with Gasteiger partial charge in [0.05, 0.1) is 6.61 Å². The van der Waals surface area contributed by atoms with Crippen LogP contribution in [0.4, 0.5) is 0 Å². The number of aromatic nitrogens is 4. The molecular formula is C11H15N5O.